The number of nitrogens with two attached hydrogens (primary N) is 1. The molecule has 7 heteroatoms. The summed E-state index contributed by atoms with van der Waals surface area (Å²) in [6.45, 7) is 5.88. The predicted octanol–water partition coefficient (Wildman–Crippen LogP) is 0.231. The van der Waals surface area contributed by atoms with Crippen molar-refractivity contribution in [2.24, 2.45) is 11.8 Å². The first-order valence-corrected chi connectivity index (χ1v) is 8.43. The van der Waals surface area contributed by atoms with Crippen molar-refractivity contribution in [1.29, 1.82) is 0 Å². The van der Waals surface area contributed by atoms with Crippen LogP contribution in [0.3, 0.4) is 0 Å². The molecular formula is C17H23N2O5+. The Hall–Kier alpha value is -2.15. The molecule has 0 aliphatic carbocycles. The van der Waals surface area contributed by atoms with Crippen LogP contribution in [0.1, 0.15) is 39.0 Å². The van der Waals surface area contributed by atoms with E-state index in [4.69, 9.17) is 9.15 Å². The molecule has 2 saturated heterocycles. The Labute approximate surface area is 140 Å². The van der Waals surface area contributed by atoms with E-state index in [0.717, 1.165) is 0 Å². The number of hydrogen-bond acceptors (Lipinski definition) is 5. The van der Waals surface area contributed by atoms with Gasteiger partial charge in [0, 0.05) is 13.0 Å². The van der Waals surface area contributed by atoms with Crippen LogP contribution in [0.4, 0.5) is 0 Å². The third-order valence-electron chi connectivity index (χ3n) is 5.29. The first-order valence-electron chi connectivity index (χ1n) is 8.43. The zero-order valence-corrected chi connectivity index (χ0v) is 14.2. The number of imide groups is 1. The molecule has 2 fully saturated rings. The molecule has 2 aliphatic heterocycles. The van der Waals surface area contributed by atoms with Gasteiger partial charge in [-0.25, -0.2) is 4.79 Å². The molecule has 2 N–H and O–H groups in total. The molecule has 3 rings (SSSR count). The molecule has 7 nitrogen and oxygen atoms in total. The molecule has 0 radical (unpaired) electrons. The van der Waals surface area contributed by atoms with Crippen LogP contribution in [0.5, 0.6) is 0 Å². The smallest absolute Gasteiger partial charge is 0.368 e. The van der Waals surface area contributed by atoms with E-state index in [9.17, 15) is 14.4 Å². The molecule has 0 bridgehead atoms. The second kappa shape index (κ2) is 6.05. The van der Waals surface area contributed by atoms with Crippen LogP contribution in [0.25, 0.3) is 0 Å². The molecule has 1 aromatic heterocycles. The summed E-state index contributed by atoms with van der Waals surface area (Å²) >= 11 is 0. The number of rotatable bonds is 5. The van der Waals surface area contributed by atoms with Crippen molar-refractivity contribution in [3.8, 4) is 0 Å². The van der Waals surface area contributed by atoms with Crippen molar-refractivity contribution in [2.75, 3.05) is 13.2 Å². The molecule has 0 unspecified atom stereocenters. The average molecular weight is 335 g/mol. The highest BCUT2D eigenvalue weighted by Gasteiger charge is 2.72. The molecule has 1 aromatic rings. The maximum Gasteiger partial charge on any atom is 0.368 e. The van der Waals surface area contributed by atoms with Gasteiger partial charge >= 0.3 is 5.97 Å². The number of furan rings is 1. The number of esters is 1. The molecule has 24 heavy (non-hydrogen) atoms. The number of nitrogens with zero attached hydrogens (tertiary/aromatic N) is 1. The minimum Gasteiger partial charge on any atom is -0.463 e. The Balaban J connectivity index is 2.10. The Morgan fingerprint density at radius 2 is 2.08 bits per heavy atom. The van der Waals surface area contributed by atoms with E-state index in [0.29, 0.717) is 18.7 Å². The number of carbonyl (C=O) groups excluding carboxylic acids is 3. The molecule has 4 atom stereocenters. The number of fused-ring (bicyclic) bond motifs is 1. The summed E-state index contributed by atoms with van der Waals surface area (Å²) in [4.78, 5) is 39.7. The third kappa shape index (κ3) is 2.11. The SMILES string of the molecule is CCOC(=O)[C@]1(CC)[NH2+][C@@H](c2ccco2)[C@H]2C(=O)N(CC)C(=O)[C@@H]21. The van der Waals surface area contributed by atoms with Gasteiger partial charge in [-0.3, -0.25) is 14.5 Å². The van der Waals surface area contributed by atoms with E-state index in [2.05, 4.69) is 0 Å². The minimum atomic E-state index is -1.09. The zero-order valence-electron chi connectivity index (χ0n) is 14.2. The molecule has 2 amide bonds. The molecule has 2 aliphatic rings. The van der Waals surface area contributed by atoms with Crippen LogP contribution in [0.15, 0.2) is 22.8 Å². The van der Waals surface area contributed by atoms with E-state index < -0.39 is 29.4 Å². The largest absolute Gasteiger partial charge is 0.463 e. The fourth-order valence-corrected chi connectivity index (χ4v) is 4.18. The number of likely N-dealkylation sites (tertiary alicyclic amines) is 1. The van der Waals surface area contributed by atoms with E-state index >= 15 is 0 Å². The lowest BCUT2D eigenvalue weighted by Crippen LogP contribution is -2.98. The van der Waals surface area contributed by atoms with Gasteiger partial charge in [-0.1, -0.05) is 6.92 Å². The average Bonchev–Trinajstić information content (AvgIpc) is 3.25. The second-order valence-corrected chi connectivity index (χ2v) is 6.25. The number of hydrogen-bond donors (Lipinski definition) is 1. The van der Waals surface area contributed by atoms with Crippen LogP contribution in [0.2, 0.25) is 0 Å². The lowest BCUT2D eigenvalue weighted by atomic mass is 9.78. The maximum atomic E-state index is 12.9. The van der Waals surface area contributed by atoms with Crippen molar-refractivity contribution in [3.05, 3.63) is 24.2 Å². The van der Waals surface area contributed by atoms with Gasteiger partial charge < -0.3 is 14.5 Å². The summed E-state index contributed by atoms with van der Waals surface area (Å²) in [5.41, 5.74) is -1.09. The number of carbonyl (C=O) groups is 3. The van der Waals surface area contributed by atoms with Crippen molar-refractivity contribution < 1.29 is 28.9 Å². The van der Waals surface area contributed by atoms with E-state index in [1.165, 1.54) is 11.2 Å². The monoisotopic (exact) mass is 335 g/mol. The van der Waals surface area contributed by atoms with Gasteiger partial charge in [0.15, 0.2) is 11.8 Å². The van der Waals surface area contributed by atoms with Gasteiger partial charge in [-0.05, 0) is 26.0 Å². The van der Waals surface area contributed by atoms with Crippen molar-refractivity contribution in [2.45, 2.75) is 38.8 Å². The van der Waals surface area contributed by atoms with Gasteiger partial charge in [0.05, 0.1) is 12.9 Å². The Kier molecular flexibility index (Phi) is 4.21. The number of quaternary nitrogens is 1. The molecule has 0 saturated carbocycles. The van der Waals surface area contributed by atoms with Gasteiger partial charge in [0.25, 0.3) is 0 Å². The van der Waals surface area contributed by atoms with Crippen LogP contribution in [-0.4, -0.2) is 41.4 Å². The number of ether oxygens (including phenoxy) is 1. The standard InChI is InChI=1S/C17H22N2O5/c1-4-17(16(22)23-6-3)12-11(14(20)19(5-2)15(12)21)13(18-17)10-8-7-9-24-10/h7-9,11-13,18H,4-6H2,1-3H3/p+1/t11-,12+,13-,17+/m0/s1. The summed E-state index contributed by atoms with van der Waals surface area (Å²) in [7, 11) is 0. The topological polar surface area (TPSA) is 93.4 Å². The summed E-state index contributed by atoms with van der Waals surface area (Å²) < 4.78 is 10.8. The molecule has 130 valence electrons. The van der Waals surface area contributed by atoms with E-state index in [1.807, 2.05) is 12.2 Å². The minimum absolute atomic E-state index is 0.232. The van der Waals surface area contributed by atoms with Crippen LogP contribution in [-0.2, 0) is 19.1 Å². The van der Waals surface area contributed by atoms with E-state index in [1.54, 1.807) is 26.0 Å². The maximum absolute atomic E-state index is 12.9. The van der Waals surface area contributed by atoms with Crippen LogP contribution >= 0.6 is 0 Å². The zero-order chi connectivity index (χ0) is 17.5. The molecular weight excluding hydrogens is 312 g/mol. The lowest BCUT2D eigenvalue weighted by Gasteiger charge is -2.28. The first-order chi connectivity index (χ1) is 11.5. The quantitative estimate of drug-likeness (QED) is 0.614. The first kappa shape index (κ1) is 16.7. The highest BCUT2D eigenvalue weighted by Crippen LogP contribution is 2.45. The highest BCUT2D eigenvalue weighted by molar-refractivity contribution is 6.08. The van der Waals surface area contributed by atoms with Crippen molar-refractivity contribution >= 4 is 17.8 Å². The fourth-order valence-electron chi connectivity index (χ4n) is 4.18. The summed E-state index contributed by atoms with van der Waals surface area (Å²) in [6, 6.07) is 3.12. The van der Waals surface area contributed by atoms with Gasteiger partial charge in [0.1, 0.15) is 11.8 Å². The predicted molar refractivity (Wildman–Crippen MR) is 82.4 cm³/mol. The van der Waals surface area contributed by atoms with Gasteiger partial charge in [-0.2, -0.15) is 0 Å². The highest BCUT2D eigenvalue weighted by atomic mass is 16.5. The summed E-state index contributed by atoms with van der Waals surface area (Å²) in [6.07, 6.45) is 1.94. The Bertz CT molecular complexity index is 656. The summed E-state index contributed by atoms with van der Waals surface area (Å²) in [5.74, 6) is -1.67. The lowest BCUT2D eigenvalue weighted by molar-refractivity contribution is -0.736. The van der Waals surface area contributed by atoms with E-state index in [-0.39, 0.29) is 18.4 Å². The Morgan fingerprint density at radius 3 is 2.62 bits per heavy atom. The second-order valence-electron chi connectivity index (χ2n) is 6.25. The van der Waals surface area contributed by atoms with Crippen molar-refractivity contribution in [3.63, 3.8) is 0 Å². The fraction of sp³-hybridized carbons (Fsp3) is 0.588. The van der Waals surface area contributed by atoms with Gasteiger partial charge in [0.2, 0.25) is 17.4 Å². The Morgan fingerprint density at radius 1 is 1.33 bits per heavy atom. The molecule has 0 aromatic carbocycles. The third-order valence-corrected chi connectivity index (χ3v) is 5.29. The normalized spacial score (nSPS) is 32.3. The molecule has 3 heterocycles. The number of amides is 2. The van der Waals surface area contributed by atoms with Gasteiger partial charge in [-0.15, -0.1) is 0 Å². The molecule has 0 spiro atoms. The van der Waals surface area contributed by atoms with Crippen LogP contribution < -0.4 is 5.32 Å². The summed E-state index contributed by atoms with van der Waals surface area (Å²) in [5, 5.41) is 1.81. The van der Waals surface area contributed by atoms with Crippen molar-refractivity contribution in [1.82, 2.24) is 4.90 Å². The van der Waals surface area contributed by atoms with Crippen LogP contribution in [0, 0.1) is 11.8 Å².